The van der Waals surface area contributed by atoms with Crippen LogP contribution in [-0.4, -0.2) is 37.1 Å². The minimum Gasteiger partial charge on any atom is -0.303 e. The van der Waals surface area contributed by atoms with Gasteiger partial charge in [-0.3, -0.25) is 0 Å². The molecule has 0 aliphatic rings. The maximum Gasteiger partial charge on any atom is 0.103 e. The molecule has 0 heterocycles. The molecular formula is C14H29N3. The summed E-state index contributed by atoms with van der Waals surface area (Å²) in [7, 11) is 4.04. The van der Waals surface area contributed by atoms with Gasteiger partial charge >= 0.3 is 0 Å². The summed E-state index contributed by atoms with van der Waals surface area (Å²) >= 11 is 0. The molecule has 0 aromatic carbocycles. The van der Waals surface area contributed by atoms with Gasteiger partial charge in [-0.1, -0.05) is 13.8 Å². The second kappa shape index (κ2) is 7.68. The van der Waals surface area contributed by atoms with Crippen molar-refractivity contribution in [3.63, 3.8) is 0 Å². The van der Waals surface area contributed by atoms with Crippen LogP contribution in [0.5, 0.6) is 0 Å². The summed E-state index contributed by atoms with van der Waals surface area (Å²) in [5, 5.41) is 12.1. The lowest BCUT2D eigenvalue weighted by Crippen LogP contribution is -2.38. The molecular weight excluding hydrogens is 210 g/mol. The van der Waals surface area contributed by atoms with Crippen LogP contribution in [-0.2, 0) is 0 Å². The average molecular weight is 239 g/mol. The van der Waals surface area contributed by atoms with Crippen LogP contribution in [0.15, 0.2) is 0 Å². The van der Waals surface area contributed by atoms with Gasteiger partial charge in [-0.05, 0) is 59.7 Å². The van der Waals surface area contributed by atoms with E-state index in [1.807, 2.05) is 14.0 Å². The fourth-order valence-electron chi connectivity index (χ4n) is 1.79. The van der Waals surface area contributed by atoms with Crippen LogP contribution in [0.25, 0.3) is 0 Å². The van der Waals surface area contributed by atoms with Gasteiger partial charge in [0.2, 0.25) is 0 Å². The molecule has 0 aromatic rings. The highest BCUT2D eigenvalue weighted by atomic mass is 15.1. The maximum absolute atomic E-state index is 9.03. The zero-order valence-corrected chi connectivity index (χ0v) is 12.4. The van der Waals surface area contributed by atoms with E-state index in [2.05, 4.69) is 44.1 Å². The van der Waals surface area contributed by atoms with Gasteiger partial charge in [-0.25, -0.2) is 0 Å². The molecule has 3 heteroatoms. The minimum absolute atomic E-state index is 0.359. The molecule has 0 aliphatic carbocycles. The molecule has 0 amide bonds. The largest absolute Gasteiger partial charge is 0.303 e. The standard InChI is InChI=1S/C14H29N3/c1-12(2)13(3)17(6)10-8-7-9-14(4,11-15)16-5/h12-13,16H,7-10H2,1-6H3. The Hall–Kier alpha value is -0.590. The topological polar surface area (TPSA) is 39.1 Å². The summed E-state index contributed by atoms with van der Waals surface area (Å²) in [6.07, 6.45) is 3.18. The number of nitriles is 1. The molecule has 0 bridgehead atoms. The van der Waals surface area contributed by atoms with Crippen molar-refractivity contribution >= 4 is 0 Å². The molecule has 0 saturated carbocycles. The second-order valence-electron chi connectivity index (χ2n) is 5.62. The fraction of sp³-hybridized carbons (Fsp3) is 0.929. The summed E-state index contributed by atoms with van der Waals surface area (Å²) in [6.45, 7) is 9.87. The summed E-state index contributed by atoms with van der Waals surface area (Å²) in [4.78, 5) is 2.41. The lowest BCUT2D eigenvalue weighted by molar-refractivity contribution is 0.203. The van der Waals surface area contributed by atoms with E-state index in [9.17, 15) is 0 Å². The van der Waals surface area contributed by atoms with E-state index in [0.717, 1.165) is 25.8 Å². The highest BCUT2D eigenvalue weighted by Gasteiger charge is 2.20. The smallest absolute Gasteiger partial charge is 0.103 e. The van der Waals surface area contributed by atoms with E-state index in [1.54, 1.807) is 0 Å². The third-order valence-electron chi connectivity index (χ3n) is 3.90. The molecule has 17 heavy (non-hydrogen) atoms. The van der Waals surface area contributed by atoms with E-state index in [0.29, 0.717) is 12.0 Å². The average Bonchev–Trinajstić information content (AvgIpc) is 2.32. The molecule has 0 saturated heterocycles. The molecule has 3 nitrogen and oxygen atoms in total. The molecule has 100 valence electrons. The summed E-state index contributed by atoms with van der Waals surface area (Å²) in [5.41, 5.74) is -0.359. The fourth-order valence-corrected chi connectivity index (χ4v) is 1.79. The van der Waals surface area contributed by atoms with E-state index >= 15 is 0 Å². The zero-order chi connectivity index (χ0) is 13.5. The number of unbranched alkanes of at least 4 members (excludes halogenated alkanes) is 1. The highest BCUT2D eigenvalue weighted by molar-refractivity contribution is 5.02. The van der Waals surface area contributed by atoms with Gasteiger partial charge in [0.25, 0.3) is 0 Å². The van der Waals surface area contributed by atoms with Gasteiger partial charge in [0.05, 0.1) is 6.07 Å². The van der Waals surface area contributed by atoms with Gasteiger partial charge in [0.1, 0.15) is 5.54 Å². The first kappa shape index (κ1) is 16.4. The minimum atomic E-state index is -0.359. The Balaban J connectivity index is 3.83. The van der Waals surface area contributed by atoms with Crippen LogP contribution in [0, 0.1) is 17.2 Å². The first-order valence-corrected chi connectivity index (χ1v) is 6.66. The Labute approximate surface area is 107 Å². The Bertz CT molecular complexity index is 244. The molecule has 2 atom stereocenters. The molecule has 1 N–H and O–H groups in total. The van der Waals surface area contributed by atoms with Crippen LogP contribution in [0.2, 0.25) is 0 Å². The summed E-state index contributed by atoms with van der Waals surface area (Å²) < 4.78 is 0. The molecule has 0 rings (SSSR count). The van der Waals surface area contributed by atoms with Gasteiger partial charge in [0.15, 0.2) is 0 Å². The van der Waals surface area contributed by atoms with Crippen molar-refractivity contribution in [2.24, 2.45) is 5.92 Å². The number of rotatable bonds is 8. The summed E-state index contributed by atoms with van der Waals surface area (Å²) in [5.74, 6) is 0.696. The van der Waals surface area contributed by atoms with Crippen molar-refractivity contribution in [1.82, 2.24) is 10.2 Å². The van der Waals surface area contributed by atoms with Crippen molar-refractivity contribution in [2.75, 3.05) is 20.6 Å². The predicted molar refractivity (Wildman–Crippen MR) is 73.9 cm³/mol. The van der Waals surface area contributed by atoms with Crippen molar-refractivity contribution in [3.05, 3.63) is 0 Å². The lowest BCUT2D eigenvalue weighted by Gasteiger charge is -2.28. The third kappa shape index (κ3) is 6.05. The Kier molecular flexibility index (Phi) is 7.41. The van der Waals surface area contributed by atoms with Crippen molar-refractivity contribution in [2.45, 2.75) is 58.5 Å². The lowest BCUT2D eigenvalue weighted by atomic mass is 9.96. The number of hydrogen-bond donors (Lipinski definition) is 1. The van der Waals surface area contributed by atoms with Crippen molar-refractivity contribution < 1.29 is 0 Å². The molecule has 0 spiro atoms. The first-order valence-electron chi connectivity index (χ1n) is 6.66. The Morgan fingerprint density at radius 1 is 1.29 bits per heavy atom. The van der Waals surface area contributed by atoms with Gasteiger partial charge in [-0.15, -0.1) is 0 Å². The van der Waals surface area contributed by atoms with E-state index in [1.165, 1.54) is 0 Å². The van der Waals surface area contributed by atoms with E-state index in [-0.39, 0.29) is 5.54 Å². The Morgan fingerprint density at radius 3 is 2.29 bits per heavy atom. The molecule has 0 fully saturated rings. The molecule has 0 aliphatic heterocycles. The van der Waals surface area contributed by atoms with E-state index < -0.39 is 0 Å². The third-order valence-corrected chi connectivity index (χ3v) is 3.90. The predicted octanol–water partition coefficient (Wildman–Crippen LogP) is 2.63. The number of nitrogens with zero attached hydrogens (tertiary/aromatic N) is 2. The van der Waals surface area contributed by atoms with E-state index in [4.69, 9.17) is 5.26 Å². The summed E-state index contributed by atoms with van der Waals surface area (Å²) in [6, 6.07) is 2.96. The highest BCUT2D eigenvalue weighted by Crippen LogP contribution is 2.14. The number of hydrogen-bond acceptors (Lipinski definition) is 3. The maximum atomic E-state index is 9.03. The van der Waals surface area contributed by atoms with Crippen molar-refractivity contribution in [3.8, 4) is 6.07 Å². The normalized spacial score (nSPS) is 16.9. The van der Waals surface area contributed by atoms with Gasteiger partial charge < -0.3 is 10.2 Å². The van der Waals surface area contributed by atoms with Gasteiger partial charge in [-0.2, -0.15) is 5.26 Å². The zero-order valence-electron chi connectivity index (χ0n) is 12.4. The van der Waals surface area contributed by atoms with Crippen LogP contribution < -0.4 is 5.32 Å². The van der Waals surface area contributed by atoms with Crippen LogP contribution in [0.4, 0.5) is 0 Å². The monoisotopic (exact) mass is 239 g/mol. The van der Waals surface area contributed by atoms with Crippen molar-refractivity contribution in [1.29, 1.82) is 5.26 Å². The van der Waals surface area contributed by atoms with Crippen LogP contribution in [0.3, 0.4) is 0 Å². The SMILES string of the molecule is CNC(C)(C#N)CCCCN(C)C(C)C(C)C. The Morgan fingerprint density at radius 2 is 1.88 bits per heavy atom. The van der Waals surface area contributed by atoms with Crippen LogP contribution >= 0.6 is 0 Å². The molecule has 0 aromatic heterocycles. The quantitative estimate of drug-likeness (QED) is 0.662. The second-order valence-corrected chi connectivity index (χ2v) is 5.62. The van der Waals surface area contributed by atoms with Gasteiger partial charge in [0, 0.05) is 6.04 Å². The molecule has 0 radical (unpaired) electrons. The number of nitrogens with one attached hydrogen (secondary N) is 1. The molecule has 2 unspecified atom stereocenters. The first-order chi connectivity index (χ1) is 7.86. The van der Waals surface area contributed by atoms with Crippen LogP contribution in [0.1, 0.15) is 47.0 Å².